The molecule has 0 spiro atoms. The molecule has 1 heterocycles. The molecule has 0 atom stereocenters. The van der Waals surface area contributed by atoms with Crippen molar-refractivity contribution >= 4 is 5.91 Å². The second-order valence-corrected chi connectivity index (χ2v) is 4.06. The molecule has 0 unspecified atom stereocenters. The number of carbonyl (C=O) groups is 1. The minimum absolute atomic E-state index is 0.130. The lowest BCUT2D eigenvalue weighted by Gasteiger charge is -2.08. The summed E-state index contributed by atoms with van der Waals surface area (Å²) in [5.74, 6) is -0.130. The van der Waals surface area contributed by atoms with E-state index in [0.717, 1.165) is 11.1 Å². The summed E-state index contributed by atoms with van der Waals surface area (Å²) in [5.41, 5.74) is 8.29. The standard InChI is InChI=1S/C13H16N4O/c1-17-9-12(8-16-17)13(18)15-7-11-5-3-2-4-10(11)6-14/h2-5,8-9H,6-7,14H2,1H3,(H,15,18). The van der Waals surface area contributed by atoms with Crippen molar-refractivity contribution in [1.29, 1.82) is 0 Å². The van der Waals surface area contributed by atoms with Crippen LogP contribution < -0.4 is 11.1 Å². The van der Waals surface area contributed by atoms with Gasteiger partial charge >= 0.3 is 0 Å². The Bertz CT molecular complexity index is 547. The van der Waals surface area contributed by atoms with Gasteiger partial charge in [0.05, 0.1) is 11.8 Å². The molecule has 3 N–H and O–H groups in total. The minimum Gasteiger partial charge on any atom is -0.348 e. The Balaban J connectivity index is 2.01. The second kappa shape index (κ2) is 5.46. The predicted octanol–water partition coefficient (Wildman–Crippen LogP) is 0.809. The number of nitrogens with one attached hydrogen (secondary N) is 1. The van der Waals surface area contributed by atoms with Crippen LogP contribution in [0.15, 0.2) is 36.7 Å². The molecule has 1 amide bonds. The Labute approximate surface area is 106 Å². The lowest BCUT2D eigenvalue weighted by atomic mass is 10.1. The van der Waals surface area contributed by atoms with Gasteiger partial charge in [0.1, 0.15) is 0 Å². The largest absolute Gasteiger partial charge is 0.348 e. The molecule has 2 aromatic rings. The van der Waals surface area contributed by atoms with Gasteiger partial charge in [-0.3, -0.25) is 9.48 Å². The monoisotopic (exact) mass is 244 g/mol. The van der Waals surface area contributed by atoms with E-state index in [1.165, 1.54) is 0 Å². The van der Waals surface area contributed by atoms with Crippen LogP contribution in [0.25, 0.3) is 0 Å². The first kappa shape index (κ1) is 12.3. The van der Waals surface area contributed by atoms with Gasteiger partial charge in [0, 0.05) is 26.3 Å². The number of aryl methyl sites for hydroxylation is 1. The van der Waals surface area contributed by atoms with E-state index >= 15 is 0 Å². The third kappa shape index (κ3) is 2.75. The van der Waals surface area contributed by atoms with Gasteiger partial charge in [-0.05, 0) is 11.1 Å². The summed E-state index contributed by atoms with van der Waals surface area (Å²) >= 11 is 0. The van der Waals surface area contributed by atoms with E-state index in [4.69, 9.17) is 5.73 Å². The molecule has 0 saturated heterocycles. The normalized spacial score (nSPS) is 10.3. The van der Waals surface area contributed by atoms with Crippen molar-refractivity contribution in [3.63, 3.8) is 0 Å². The van der Waals surface area contributed by atoms with Gasteiger partial charge in [-0.15, -0.1) is 0 Å². The molecule has 1 aromatic heterocycles. The summed E-state index contributed by atoms with van der Waals surface area (Å²) in [6, 6.07) is 7.80. The van der Waals surface area contributed by atoms with Crippen LogP contribution in [0.2, 0.25) is 0 Å². The molecule has 5 nitrogen and oxygen atoms in total. The minimum atomic E-state index is -0.130. The molecule has 1 aromatic carbocycles. The summed E-state index contributed by atoms with van der Waals surface area (Å²) in [7, 11) is 1.78. The first-order chi connectivity index (χ1) is 8.70. The van der Waals surface area contributed by atoms with E-state index in [9.17, 15) is 4.79 Å². The Hall–Kier alpha value is -2.14. The highest BCUT2D eigenvalue weighted by atomic mass is 16.1. The molecule has 0 aliphatic rings. The number of rotatable bonds is 4. The molecule has 0 fully saturated rings. The molecule has 94 valence electrons. The first-order valence-electron chi connectivity index (χ1n) is 5.74. The number of amides is 1. The number of hydrogen-bond donors (Lipinski definition) is 2. The topological polar surface area (TPSA) is 72.9 Å². The third-order valence-corrected chi connectivity index (χ3v) is 2.74. The summed E-state index contributed by atoms with van der Waals surface area (Å²) in [6.45, 7) is 0.944. The van der Waals surface area contributed by atoms with E-state index in [1.807, 2.05) is 24.3 Å². The maximum atomic E-state index is 11.8. The van der Waals surface area contributed by atoms with Crippen LogP contribution in [0, 0.1) is 0 Å². The van der Waals surface area contributed by atoms with Crippen LogP contribution in [-0.2, 0) is 20.1 Å². The van der Waals surface area contributed by atoms with Crippen molar-refractivity contribution in [2.24, 2.45) is 12.8 Å². The maximum Gasteiger partial charge on any atom is 0.254 e. The van der Waals surface area contributed by atoms with E-state index in [1.54, 1.807) is 24.1 Å². The smallest absolute Gasteiger partial charge is 0.254 e. The molecular weight excluding hydrogens is 228 g/mol. The zero-order chi connectivity index (χ0) is 13.0. The van der Waals surface area contributed by atoms with Gasteiger partial charge in [-0.2, -0.15) is 5.10 Å². The third-order valence-electron chi connectivity index (χ3n) is 2.74. The second-order valence-electron chi connectivity index (χ2n) is 4.06. The number of nitrogens with two attached hydrogens (primary N) is 1. The molecule has 2 rings (SSSR count). The predicted molar refractivity (Wildman–Crippen MR) is 68.7 cm³/mol. The van der Waals surface area contributed by atoms with Crippen molar-refractivity contribution in [3.05, 3.63) is 53.3 Å². The van der Waals surface area contributed by atoms with Crippen molar-refractivity contribution in [1.82, 2.24) is 15.1 Å². The van der Waals surface area contributed by atoms with Crippen LogP contribution in [0.4, 0.5) is 0 Å². The molecule has 0 saturated carbocycles. The van der Waals surface area contributed by atoms with E-state index < -0.39 is 0 Å². The quantitative estimate of drug-likeness (QED) is 0.836. The van der Waals surface area contributed by atoms with E-state index in [2.05, 4.69) is 10.4 Å². The Morgan fingerprint density at radius 2 is 2.11 bits per heavy atom. The van der Waals surface area contributed by atoms with E-state index in [0.29, 0.717) is 18.7 Å². The van der Waals surface area contributed by atoms with E-state index in [-0.39, 0.29) is 5.91 Å². The fraction of sp³-hybridized carbons (Fsp3) is 0.231. The summed E-state index contributed by atoms with van der Waals surface area (Å²) < 4.78 is 1.60. The number of hydrogen-bond acceptors (Lipinski definition) is 3. The van der Waals surface area contributed by atoms with Gasteiger partial charge in [0.15, 0.2) is 0 Å². The molecule has 0 bridgehead atoms. The molecular formula is C13H16N4O. The maximum absolute atomic E-state index is 11.8. The van der Waals surface area contributed by atoms with Crippen molar-refractivity contribution < 1.29 is 4.79 Å². The van der Waals surface area contributed by atoms with Crippen molar-refractivity contribution in [3.8, 4) is 0 Å². The average molecular weight is 244 g/mol. The number of carbonyl (C=O) groups excluding carboxylic acids is 1. The fourth-order valence-electron chi connectivity index (χ4n) is 1.75. The highest BCUT2D eigenvalue weighted by molar-refractivity contribution is 5.93. The molecule has 0 aliphatic heterocycles. The number of aromatic nitrogens is 2. The van der Waals surface area contributed by atoms with Gasteiger partial charge in [-0.1, -0.05) is 24.3 Å². The Morgan fingerprint density at radius 1 is 1.39 bits per heavy atom. The average Bonchev–Trinajstić information content (AvgIpc) is 2.83. The molecule has 0 aliphatic carbocycles. The summed E-state index contributed by atoms with van der Waals surface area (Å²) in [6.07, 6.45) is 3.23. The van der Waals surface area contributed by atoms with Crippen LogP contribution in [0.5, 0.6) is 0 Å². The lowest BCUT2D eigenvalue weighted by molar-refractivity contribution is 0.0951. The molecule has 18 heavy (non-hydrogen) atoms. The number of benzene rings is 1. The highest BCUT2D eigenvalue weighted by Gasteiger charge is 2.08. The van der Waals surface area contributed by atoms with Crippen molar-refractivity contribution in [2.45, 2.75) is 13.1 Å². The van der Waals surface area contributed by atoms with Gasteiger partial charge < -0.3 is 11.1 Å². The summed E-state index contributed by atoms with van der Waals surface area (Å²) in [5, 5.41) is 6.82. The molecule has 0 radical (unpaired) electrons. The van der Waals surface area contributed by atoms with Crippen LogP contribution in [0.3, 0.4) is 0 Å². The zero-order valence-electron chi connectivity index (χ0n) is 10.3. The molecule has 5 heteroatoms. The summed E-state index contributed by atoms with van der Waals surface area (Å²) in [4.78, 5) is 11.8. The van der Waals surface area contributed by atoms with Crippen LogP contribution >= 0.6 is 0 Å². The fourth-order valence-corrected chi connectivity index (χ4v) is 1.75. The Morgan fingerprint density at radius 3 is 2.72 bits per heavy atom. The van der Waals surface area contributed by atoms with Gasteiger partial charge in [0.2, 0.25) is 0 Å². The highest BCUT2D eigenvalue weighted by Crippen LogP contribution is 2.07. The Kier molecular flexibility index (Phi) is 3.74. The zero-order valence-corrected chi connectivity index (χ0v) is 10.3. The van der Waals surface area contributed by atoms with Gasteiger partial charge in [-0.25, -0.2) is 0 Å². The first-order valence-corrected chi connectivity index (χ1v) is 5.74. The van der Waals surface area contributed by atoms with Crippen LogP contribution in [-0.4, -0.2) is 15.7 Å². The van der Waals surface area contributed by atoms with Crippen LogP contribution in [0.1, 0.15) is 21.5 Å². The SMILES string of the molecule is Cn1cc(C(=O)NCc2ccccc2CN)cn1. The lowest BCUT2D eigenvalue weighted by Crippen LogP contribution is -2.23. The van der Waals surface area contributed by atoms with Crippen molar-refractivity contribution in [2.75, 3.05) is 0 Å². The number of nitrogens with zero attached hydrogens (tertiary/aromatic N) is 2. The van der Waals surface area contributed by atoms with Gasteiger partial charge in [0.25, 0.3) is 5.91 Å².